The molecule has 16 heavy (non-hydrogen) atoms. The molecule has 3 atom stereocenters. The molecule has 2 fully saturated rings. The Morgan fingerprint density at radius 1 is 1.06 bits per heavy atom. The number of rotatable bonds is 2. The van der Waals surface area contributed by atoms with E-state index in [0.717, 1.165) is 18.4 Å². The fraction of sp³-hybridized carbons (Fsp3) is 0.571. The van der Waals surface area contributed by atoms with Crippen molar-refractivity contribution in [3.63, 3.8) is 0 Å². The fourth-order valence-electron chi connectivity index (χ4n) is 3.41. The number of nitrogens with two attached hydrogens (primary N) is 1. The molecule has 0 bridgehead atoms. The van der Waals surface area contributed by atoms with Gasteiger partial charge in [-0.2, -0.15) is 0 Å². The molecule has 2 N–H and O–H groups in total. The van der Waals surface area contributed by atoms with Crippen LogP contribution < -0.4 is 5.73 Å². The number of likely N-dealkylation sites (tertiary alicyclic amines) is 1. The van der Waals surface area contributed by atoms with Gasteiger partial charge in [-0.15, -0.1) is 0 Å². The van der Waals surface area contributed by atoms with E-state index in [4.69, 9.17) is 5.73 Å². The normalized spacial score (nSPS) is 34.2. The van der Waals surface area contributed by atoms with Gasteiger partial charge in [0.1, 0.15) is 0 Å². The summed E-state index contributed by atoms with van der Waals surface area (Å²) in [5, 5.41) is 0. The summed E-state index contributed by atoms with van der Waals surface area (Å²) in [6, 6.07) is 11.3. The topological polar surface area (TPSA) is 29.3 Å². The Balaban J connectivity index is 1.60. The van der Waals surface area contributed by atoms with Crippen molar-refractivity contribution < 1.29 is 0 Å². The van der Waals surface area contributed by atoms with E-state index >= 15 is 0 Å². The van der Waals surface area contributed by atoms with Gasteiger partial charge in [-0.25, -0.2) is 0 Å². The van der Waals surface area contributed by atoms with Crippen LogP contribution in [0.15, 0.2) is 30.3 Å². The smallest absolute Gasteiger partial charge is 0.0233 e. The van der Waals surface area contributed by atoms with E-state index in [0.29, 0.717) is 6.04 Å². The van der Waals surface area contributed by atoms with Crippen molar-refractivity contribution in [1.29, 1.82) is 0 Å². The SMILES string of the molecule is NC1C[C@@H]2CN(Cc3ccccc3)C[C@@H]2C1. The van der Waals surface area contributed by atoms with Crippen LogP contribution in [0.1, 0.15) is 18.4 Å². The molecule has 0 radical (unpaired) electrons. The van der Waals surface area contributed by atoms with Gasteiger partial charge in [-0.3, -0.25) is 4.90 Å². The minimum atomic E-state index is 0.480. The molecular formula is C14H20N2. The Morgan fingerprint density at radius 2 is 1.69 bits per heavy atom. The van der Waals surface area contributed by atoms with Crippen molar-refractivity contribution in [1.82, 2.24) is 4.90 Å². The molecule has 1 saturated carbocycles. The molecule has 3 rings (SSSR count). The molecule has 1 heterocycles. The minimum Gasteiger partial charge on any atom is -0.328 e. The molecule has 86 valence electrons. The third-order valence-electron chi connectivity index (χ3n) is 4.11. The summed E-state index contributed by atoms with van der Waals surface area (Å²) in [7, 11) is 0. The van der Waals surface area contributed by atoms with Gasteiger partial charge in [0.25, 0.3) is 0 Å². The maximum atomic E-state index is 6.00. The van der Waals surface area contributed by atoms with Gasteiger partial charge in [-0.1, -0.05) is 30.3 Å². The van der Waals surface area contributed by atoms with Crippen LogP contribution in [0.25, 0.3) is 0 Å². The molecule has 1 aliphatic heterocycles. The quantitative estimate of drug-likeness (QED) is 0.817. The van der Waals surface area contributed by atoms with Crippen LogP contribution in [-0.4, -0.2) is 24.0 Å². The van der Waals surface area contributed by atoms with Gasteiger partial charge in [0.2, 0.25) is 0 Å². The number of hydrogen-bond acceptors (Lipinski definition) is 2. The number of hydrogen-bond donors (Lipinski definition) is 1. The first-order valence-corrected chi connectivity index (χ1v) is 6.33. The average molecular weight is 216 g/mol. The zero-order chi connectivity index (χ0) is 11.0. The summed E-state index contributed by atoms with van der Waals surface area (Å²) >= 11 is 0. The molecular weight excluding hydrogens is 196 g/mol. The highest BCUT2D eigenvalue weighted by Gasteiger charge is 2.39. The lowest BCUT2D eigenvalue weighted by atomic mass is 10.0. The first-order chi connectivity index (χ1) is 7.81. The summed E-state index contributed by atoms with van der Waals surface area (Å²) < 4.78 is 0. The zero-order valence-electron chi connectivity index (χ0n) is 9.68. The van der Waals surface area contributed by atoms with E-state index in [9.17, 15) is 0 Å². The Bertz CT molecular complexity index is 335. The van der Waals surface area contributed by atoms with Gasteiger partial charge < -0.3 is 5.73 Å². The third kappa shape index (κ3) is 2.00. The van der Waals surface area contributed by atoms with E-state index in [2.05, 4.69) is 35.2 Å². The second-order valence-corrected chi connectivity index (χ2v) is 5.43. The Morgan fingerprint density at radius 3 is 2.31 bits per heavy atom. The Hall–Kier alpha value is -0.860. The summed E-state index contributed by atoms with van der Waals surface area (Å²) in [5.41, 5.74) is 7.44. The first kappa shape index (κ1) is 10.3. The predicted octanol–water partition coefficient (Wildman–Crippen LogP) is 1.86. The zero-order valence-corrected chi connectivity index (χ0v) is 9.68. The van der Waals surface area contributed by atoms with Crippen LogP contribution in [0.2, 0.25) is 0 Å². The highest BCUT2D eigenvalue weighted by atomic mass is 15.2. The van der Waals surface area contributed by atoms with Crippen molar-refractivity contribution in [2.75, 3.05) is 13.1 Å². The maximum Gasteiger partial charge on any atom is 0.0233 e. The van der Waals surface area contributed by atoms with E-state index in [-0.39, 0.29) is 0 Å². The summed E-state index contributed by atoms with van der Waals surface area (Å²) in [6.45, 7) is 3.63. The van der Waals surface area contributed by atoms with E-state index < -0.39 is 0 Å². The predicted molar refractivity (Wildman–Crippen MR) is 65.9 cm³/mol. The Kier molecular flexibility index (Phi) is 2.70. The van der Waals surface area contributed by atoms with Gasteiger partial charge in [0.05, 0.1) is 0 Å². The van der Waals surface area contributed by atoms with Crippen LogP contribution in [-0.2, 0) is 6.54 Å². The molecule has 2 aliphatic rings. The molecule has 1 aliphatic carbocycles. The lowest BCUT2D eigenvalue weighted by Gasteiger charge is -2.17. The van der Waals surface area contributed by atoms with Gasteiger partial charge in [0.15, 0.2) is 0 Å². The van der Waals surface area contributed by atoms with Crippen molar-refractivity contribution in [2.24, 2.45) is 17.6 Å². The second kappa shape index (κ2) is 4.19. The summed E-state index contributed by atoms with van der Waals surface area (Å²) in [6.07, 6.45) is 2.49. The molecule has 1 aromatic rings. The number of fused-ring (bicyclic) bond motifs is 1. The molecule has 0 amide bonds. The number of benzene rings is 1. The van der Waals surface area contributed by atoms with Crippen molar-refractivity contribution >= 4 is 0 Å². The minimum absolute atomic E-state index is 0.480. The highest BCUT2D eigenvalue weighted by molar-refractivity contribution is 5.14. The van der Waals surface area contributed by atoms with Crippen LogP contribution in [0.4, 0.5) is 0 Å². The summed E-state index contributed by atoms with van der Waals surface area (Å²) in [4.78, 5) is 2.59. The summed E-state index contributed by atoms with van der Waals surface area (Å²) in [5.74, 6) is 1.75. The third-order valence-corrected chi connectivity index (χ3v) is 4.11. The lowest BCUT2D eigenvalue weighted by Crippen LogP contribution is -2.25. The van der Waals surface area contributed by atoms with Crippen molar-refractivity contribution in [2.45, 2.75) is 25.4 Å². The monoisotopic (exact) mass is 216 g/mol. The Labute approximate surface area is 97.4 Å². The second-order valence-electron chi connectivity index (χ2n) is 5.43. The van der Waals surface area contributed by atoms with E-state index in [1.54, 1.807) is 0 Å². The molecule has 1 unspecified atom stereocenters. The molecule has 2 heteroatoms. The van der Waals surface area contributed by atoms with Crippen molar-refractivity contribution in [3.05, 3.63) is 35.9 Å². The van der Waals surface area contributed by atoms with Gasteiger partial charge in [0, 0.05) is 25.7 Å². The molecule has 0 spiro atoms. The largest absolute Gasteiger partial charge is 0.328 e. The average Bonchev–Trinajstić information content (AvgIpc) is 2.76. The lowest BCUT2D eigenvalue weighted by molar-refractivity contribution is 0.299. The first-order valence-electron chi connectivity index (χ1n) is 6.33. The molecule has 1 saturated heterocycles. The standard InChI is InChI=1S/C14H20N2/c15-14-6-12-9-16(10-13(12)7-14)8-11-4-2-1-3-5-11/h1-5,12-14H,6-10,15H2/t12-,13+,14?. The fourth-order valence-corrected chi connectivity index (χ4v) is 3.41. The highest BCUT2D eigenvalue weighted by Crippen LogP contribution is 2.37. The van der Waals surface area contributed by atoms with E-state index in [1.807, 2.05) is 0 Å². The number of nitrogens with zero attached hydrogens (tertiary/aromatic N) is 1. The van der Waals surface area contributed by atoms with Crippen molar-refractivity contribution in [3.8, 4) is 0 Å². The molecule has 2 nitrogen and oxygen atoms in total. The molecule has 1 aromatic carbocycles. The van der Waals surface area contributed by atoms with Gasteiger partial charge >= 0.3 is 0 Å². The van der Waals surface area contributed by atoms with E-state index in [1.165, 1.54) is 31.5 Å². The van der Waals surface area contributed by atoms with Crippen LogP contribution in [0, 0.1) is 11.8 Å². The molecule has 0 aromatic heterocycles. The van der Waals surface area contributed by atoms with Crippen LogP contribution >= 0.6 is 0 Å². The maximum absolute atomic E-state index is 6.00. The van der Waals surface area contributed by atoms with Crippen LogP contribution in [0.3, 0.4) is 0 Å². The van der Waals surface area contributed by atoms with Crippen LogP contribution in [0.5, 0.6) is 0 Å². The van der Waals surface area contributed by atoms with Gasteiger partial charge in [-0.05, 0) is 30.2 Å².